The van der Waals surface area contributed by atoms with Crippen molar-refractivity contribution in [2.24, 2.45) is 0 Å². The third kappa shape index (κ3) is 5.76. The van der Waals surface area contributed by atoms with Crippen LogP contribution in [0.3, 0.4) is 0 Å². The summed E-state index contributed by atoms with van der Waals surface area (Å²) in [7, 11) is -2.73. The van der Waals surface area contributed by atoms with E-state index in [-0.39, 0.29) is 29.6 Å². The number of carbonyl (C=O) groups is 2. The van der Waals surface area contributed by atoms with Gasteiger partial charge in [0.2, 0.25) is 15.9 Å². The molecule has 2 rings (SSSR count). The molecule has 3 N–H and O–H groups in total. The predicted molar refractivity (Wildman–Crippen MR) is 101 cm³/mol. The maximum absolute atomic E-state index is 13.4. The minimum Gasteiger partial charge on any atom is -0.495 e. The van der Waals surface area contributed by atoms with Crippen LogP contribution in [0.15, 0.2) is 47.4 Å². The molecular formula is C18H20FN3O5S. The number of hydrogen-bond acceptors (Lipinski definition) is 5. The Kier molecular flexibility index (Phi) is 7.07. The lowest BCUT2D eigenvalue weighted by molar-refractivity contribution is -0.114. The standard InChI is InChI=1S/C18H20FN3O5S/c1-12(23)22-15-6-3-13(4-7-15)18(24)20-9-10-21-28(25,26)17-11-14(19)5-8-16(17)27-2/h3-8,11,21H,9-10H2,1-2H3,(H,20,24)(H,22,23). The van der Waals surface area contributed by atoms with E-state index in [0.29, 0.717) is 11.3 Å². The van der Waals surface area contributed by atoms with Gasteiger partial charge in [-0.3, -0.25) is 9.59 Å². The Bertz CT molecular complexity index is 962. The van der Waals surface area contributed by atoms with Crippen molar-refractivity contribution in [1.82, 2.24) is 10.0 Å². The van der Waals surface area contributed by atoms with Crippen LogP contribution >= 0.6 is 0 Å². The van der Waals surface area contributed by atoms with E-state index in [9.17, 15) is 22.4 Å². The van der Waals surface area contributed by atoms with Crippen molar-refractivity contribution >= 4 is 27.5 Å². The fraction of sp³-hybridized carbons (Fsp3) is 0.222. The summed E-state index contributed by atoms with van der Waals surface area (Å²) in [6.45, 7) is 1.29. The smallest absolute Gasteiger partial charge is 0.251 e. The van der Waals surface area contributed by atoms with Gasteiger partial charge in [0, 0.05) is 31.3 Å². The van der Waals surface area contributed by atoms with Gasteiger partial charge < -0.3 is 15.4 Å². The topological polar surface area (TPSA) is 114 Å². The number of ether oxygens (including phenoxy) is 1. The van der Waals surface area contributed by atoms with Crippen molar-refractivity contribution < 1.29 is 27.1 Å². The van der Waals surface area contributed by atoms with Crippen molar-refractivity contribution in [2.45, 2.75) is 11.8 Å². The van der Waals surface area contributed by atoms with E-state index in [2.05, 4.69) is 15.4 Å². The van der Waals surface area contributed by atoms with Crippen LogP contribution in [-0.4, -0.2) is 40.4 Å². The van der Waals surface area contributed by atoms with Crippen molar-refractivity contribution in [3.63, 3.8) is 0 Å². The molecule has 0 fully saturated rings. The van der Waals surface area contributed by atoms with Crippen LogP contribution in [0.4, 0.5) is 10.1 Å². The van der Waals surface area contributed by atoms with Crippen molar-refractivity contribution in [3.8, 4) is 5.75 Å². The second-order valence-electron chi connectivity index (χ2n) is 5.71. The van der Waals surface area contributed by atoms with Crippen LogP contribution in [0.25, 0.3) is 0 Å². The summed E-state index contributed by atoms with van der Waals surface area (Å²) in [6, 6.07) is 9.39. The van der Waals surface area contributed by atoms with Crippen LogP contribution in [0.1, 0.15) is 17.3 Å². The van der Waals surface area contributed by atoms with Crippen LogP contribution in [0.2, 0.25) is 0 Å². The first-order chi connectivity index (χ1) is 13.2. The van der Waals surface area contributed by atoms with Crippen LogP contribution in [0.5, 0.6) is 5.75 Å². The van der Waals surface area contributed by atoms with Gasteiger partial charge in [-0.1, -0.05) is 0 Å². The number of methoxy groups -OCH3 is 1. The summed E-state index contributed by atoms with van der Waals surface area (Å²) in [5, 5.41) is 5.15. The zero-order chi connectivity index (χ0) is 20.7. The average Bonchev–Trinajstić information content (AvgIpc) is 2.65. The summed E-state index contributed by atoms with van der Waals surface area (Å²) in [5.74, 6) is -1.33. The summed E-state index contributed by atoms with van der Waals surface area (Å²) >= 11 is 0. The lowest BCUT2D eigenvalue weighted by Crippen LogP contribution is -2.34. The number of sulfonamides is 1. The number of nitrogens with one attached hydrogen (secondary N) is 3. The fourth-order valence-electron chi connectivity index (χ4n) is 2.31. The molecule has 2 amide bonds. The van der Waals surface area contributed by atoms with Gasteiger partial charge in [0.1, 0.15) is 16.5 Å². The third-order valence-corrected chi connectivity index (χ3v) is 5.07. The number of rotatable bonds is 8. The second-order valence-corrected chi connectivity index (χ2v) is 7.44. The van der Waals surface area contributed by atoms with E-state index in [0.717, 1.165) is 12.1 Å². The first kappa shape index (κ1) is 21.3. The molecule has 0 saturated heterocycles. The Labute approximate surface area is 162 Å². The molecular weight excluding hydrogens is 389 g/mol. The van der Waals surface area contributed by atoms with Gasteiger partial charge in [0.05, 0.1) is 7.11 Å². The largest absolute Gasteiger partial charge is 0.495 e. The minimum atomic E-state index is -4.01. The highest BCUT2D eigenvalue weighted by atomic mass is 32.2. The first-order valence-corrected chi connectivity index (χ1v) is 9.70. The number of carbonyl (C=O) groups excluding carboxylic acids is 2. The van der Waals surface area contributed by atoms with Crippen LogP contribution in [0, 0.1) is 5.82 Å². The second kappa shape index (κ2) is 9.29. The summed E-state index contributed by atoms with van der Waals surface area (Å²) in [4.78, 5) is 22.7. The van der Waals surface area contributed by atoms with Gasteiger partial charge in [-0.2, -0.15) is 0 Å². The van der Waals surface area contributed by atoms with Gasteiger partial charge in [0.15, 0.2) is 0 Å². The molecule has 10 heteroatoms. The summed E-state index contributed by atoms with van der Waals surface area (Å²) in [6.07, 6.45) is 0. The Morgan fingerprint density at radius 3 is 2.36 bits per heavy atom. The molecule has 2 aromatic carbocycles. The van der Waals surface area contributed by atoms with Gasteiger partial charge in [0.25, 0.3) is 5.91 Å². The monoisotopic (exact) mass is 409 g/mol. The molecule has 0 saturated carbocycles. The average molecular weight is 409 g/mol. The lowest BCUT2D eigenvalue weighted by atomic mass is 10.2. The molecule has 0 heterocycles. The van der Waals surface area contributed by atoms with Crippen molar-refractivity contribution in [1.29, 1.82) is 0 Å². The Balaban J connectivity index is 1.90. The molecule has 0 aromatic heterocycles. The van der Waals surface area contributed by atoms with Crippen molar-refractivity contribution in [2.75, 3.05) is 25.5 Å². The molecule has 28 heavy (non-hydrogen) atoms. The quantitative estimate of drug-likeness (QED) is 0.572. The number of benzene rings is 2. The number of amides is 2. The van der Waals surface area contributed by atoms with Crippen LogP contribution < -0.4 is 20.1 Å². The molecule has 0 unspecified atom stereocenters. The van der Waals surface area contributed by atoms with E-state index < -0.39 is 21.7 Å². The highest BCUT2D eigenvalue weighted by Crippen LogP contribution is 2.23. The molecule has 0 spiro atoms. The molecule has 8 nitrogen and oxygen atoms in total. The molecule has 0 aliphatic heterocycles. The zero-order valence-corrected chi connectivity index (χ0v) is 16.1. The number of anilines is 1. The molecule has 150 valence electrons. The lowest BCUT2D eigenvalue weighted by Gasteiger charge is -2.11. The van der Waals surface area contributed by atoms with E-state index in [1.54, 1.807) is 12.1 Å². The zero-order valence-electron chi connectivity index (χ0n) is 15.3. The van der Waals surface area contributed by atoms with E-state index >= 15 is 0 Å². The maximum Gasteiger partial charge on any atom is 0.251 e. The fourth-order valence-corrected chi connectivity index (χ4v) is 3.52. The Hall–Kier alpha value is -2.98. The van der Waals surface area contributed by atoms with Gasteiger partial charge in [-0.25, -0.2) is 17.5 Å². The van der Waals surface area contributed by atoms with Crippen molar-refractivity contribution in [3.05, 3.63) is 53.8 Å². The summed E-state index contributed by atoms with van der Waals surface area (Å²) < 4.78 is 45.2. The SMILES string of the molecule is COc1ccc(F)cc1S(=O)(=O)NCCNC(=O)c1ccc(NC(C)=O)cc1. The molecule has 0 radical (unpaired) electrons. The van der Waals surface area contributed by atoms with Gasteiger partial charge in [-0.05, 0) is 42.5 Å². The predicted octanol–water partition coefficient (Wildman–Crippen LogP) is 1.50. The normalized spacial score (nSPS) is 11.0. The Morgan fingerprint density at radius 1 is 1.07 bits per heavy atom. The molecule has 0 aliphatic rings. The molecule has 0 bridgehead atoms. The summed E-state index contributed by atoms with van der Waals surface area (Å²) in [5.41, 5.74) is 0.907. The molecule has 0 atom stereocenters. The van der Waals surface area contributed by atoms with E-state index in [1.807, 2.05) is 0 Å². The number of hydrogen-bond donors (Lipinski definition) is 3. The van der Waals surface area contributed by atoms with Gasteiger partial charge >= 0.3 is 0 Å². The van der Waals surface area contributed by atoms with E-state index in [4.69, 9.17) is 4.74 Å². The molecule has 0 aliphatic carbocycles. The number of halogens is 1. The highest BCUT2D eigenvalue weighted by molar-refractivity contribution is 7.89. The van der Waals surface area contributed by atoms with E-state index in [1.165, 1.54) is 32.2 Å². The first-order valence-electron chi connectivity index (χ1n) is 8.22. The molecule has 2 aromatic rings. The highest BCUT2D eigenvalue weighted by Gasteiger charge is 2.20. The van der Waals surface area contributed by atoms with Crippen LogP contribution in [-0.2, 0) is 14.8 Å². The third-order valence-electron chi connectivity index (χ3n) is 3.59. The minimum absolute atomic E-state index is 0.0113. The maximum atomic E-state index is 13.4. The Morgan fingerprint density at radius 2 is 1.75 bits per heavy atom. The van der Waals surface area contributed by atoms with Gasteiger partial charge in [-0.15, -0.1) is 0 Å².